The summed E-state index contributed by atoms with van der Waals surface area (Å²) >= 11 is 0. The van der Waals surface area contributed by atoms with E-state index in [0.717, 1.165) is 53.5 Å². The van der Waals surface area contributed by atoms with Gasteiger partial charge in [-0.1, -0.05) is 0 Å². The number of methoxy groups -OCH3 is 2. The first-order chi connectivity index (χ1) is 17.0. The first-order valence-corrected chi connectivity index (χ1v) is 14.5. The molecule has 2 fully saturated rings. The van der Waals surface area contributed by atoms with E-state index in [0.29, 0.717) is 35.9 Å². The summed E-state index contributed by atoms with van der Waals surface area (Å²) in [6, 6.07) is 10.8. The van der Waals surface area contributed by atoms with Crippen LogP contribution >= 0.6 is 7.49 Å². The predicted molar refractivity (Wildman–Crippen MR) is 142 cm³/mol. The van der Waals surface area contributed by atoms with Crippen molar-refractivity contribution in [1.82, 2.24) is 14.9 Å². The molecule has 3 aromatic rings. The third-order valence-corrected chi connectivity index (χ3v) is 10.6. The molecule has 3 heterocycles. The van der Waals surface area contributed by atoms with E-state index in [-0.39, 0.29) is 0 Å². The molecule has 9 nitrogen and oxygen atoms in total. The van der Waals surface area contributed by atoms with Crippen LogP contribution in [0.3, 0.4) is 0 Å². The Morgan fingerprint density at radius 3 is 2.71 bits per heavy atom. The molecule has 1 aliphatic carbocycles. The second kappa shape index (κ2) is 10.00. The first-order valence-electron chi connectivity index (χ1n) is 12.1. The van der Waals surface area contributed by atoms with Gasteiger partial charge in [0.25, 0.3) is 0 Å². The number of hydrogen-bond donors (Lipinski definition) is 4. The molecule has 186 valence electrons. The van der Waals surface area contributed by atoms with E-state index in [4.69, 9.17) is 9.47 Å². The molecule has 35 heavy (non-hydrogen) atoms. The Bertz CT molecular complexity index is 1240. The van der Waals surface area contributed by atoms with E-state index < -0.39 is 7.49 Å². The van der Waals surface area contributed by atoms with Gasteiger partial charge < -0.3 is 0 Å². The molecule has 1 saturated heterocycles. The van der Waals surface area contributed by atoms with Crippen LogP contribution in [0.5, 0.6) is 5.75 Å². The molecule has 0 spiro atoms. The number of hydrogen-bond acceptors (Lipinski definition) is 8. The van der Waals surface area contributed by atoms with Gasteiger partial charge in [-0.3, -0.25) is 0 Å². The van der Waals surface area contributed by atoms with Crippen molar-refractivity contribution in [3.8, 4) is 11.8 Å². The Kier molecular flexibility index (Phi) is 6.81. The number of nitriles is 1. The molecule has 0 amide bonds. The number of benzene rings is 1. The van der Waals surface area contributed by atoms with Crippen LogP contribution in [0.25, 0.3) is 11.0 Å². The second-order valence-electron chi connectivity index (χ2n) is 9.35. The molecule has 0 atom stereocenters. The average molecular weight is 497 g/mol. The zero-order chi connectivity index (χ0) is 24.4. The van der Waals surface area contributed by atoms with Gasteiger partial charge in [0.1, 0.15) is 0 Å². The predicted octanol–water partition coefficient (Wildman–Crippen LogP) is 3.01. The summed E-state index contributed by atoms with van der Waals surface area (Å²) in [5.74, 6) is 1.29. The summed E-state index contributed by atoms with van der Waals surface area (Å²) < 4.78 is 10.9. The summed E-state index contributed by atoms with van der Waals surface area (Å²) in [5.41, 5.74) is 2.72. The topological polar surface area (TPSA) is 118 Å². The number of rotatable bonds is 9. The van der Waals surface area contributed by atoms with E-state index in [2.05, 4.69) is 31.6 Å². The van der Waals surface area contributed by atoms with Crippen molar-refractivity contribution in [3.05, 3.63) is 36.0 Å². The molecule has 5 rings (SSSR count). The summed E-state index contributed by atoms with van der Waals surface area (Å²) in [7, 11) is 0.772. The van der Waals surface area contributed by atoms with Crippen LogP contribution < -0.4 is 20.7 Å². The van der Waals surface area contributed by atoms with Gasteiger partial charge >= 0.3 is 199 Å². The molecular formula is C25H33N6O3P. The van der Waals surface area contributed by atoms with E-state index in [9.17, 15) is 10.2 Å². The Balaban J connectivity index is 1.39. The molecule has 2 aromatic heterocycles. The van der Waals surface area contributed by atoms with Crippen LogP contribution in [-0.2, 0) is 4.74 Å². The second-order valence-corrected chi connectivity index (χ2v) is 13.0. The quantitative estimate of drug-likeness (QED) is 0.264. The van der Waals surface area contributed by atoms with Gasteiger partial charge in [-0.15, -0.1) is 0 Å². The van der Waals surface area contributed by atoms with Crippen LogP contribution in [0.4, 0.5) is 17.2 Å². The van der Waals surface area contributed by atoms with Gasteiger partial charge in [0.2, 0.25) is 0 Å². The fraction of sp³-hybridized carbons (Fsp3) is 0.440. The summed E-state index contributed by atoms with van der Waals surface area (Å²) in [4.78, 5) is 21.8. The minimum atomic E-state index is -2.52. The van der Waals surface area contributed by atoms with Crippen molar-refractivity contribution in [2.45, 2.75) is 18.9 Å². The van der Waals surface area contributed by atoms with Crippen molar-refractivity contribution in [2.75, 3.05) is 63.4 Å². The third-order valence-electron chi connectivity index (χ3n) is 7.07. The van der Waals surface area contributed by atoms with E-state index in [1.165, 1.54) is 12.8 Å². The number of nitrogens with zero attached hydrogens (tertiary/aromatic N) is 3. The molecule has 2 aliphatic rings. The van der Waals surface area contributed by atoms with Crippen LogP contribution in [0.2, 0.25) is 0 Å². The maximum absolute atomic E-state index is 11.5. The van der Waals surface area contributed by atoms with Crippen molar-refractivity contribution in [1.29, 1.82) is 5.26 Å². The van der Waals surface area contributed by atoms with Crippen molar-refractivity contribution in [3.63, 3.8) is 0 Å². The molecular weight excluding hydrogens is 463 g/mol. The normalized spacial score (nSPS) is 18.7. The summed E-state index contributed by atoms with van der Waals surface area (Å²) in [6.45, 7) is 3.11. The minimum absolute atomic E-state index is 0.534. The van der Waals surface area contributed by atoms with Crippen LogP contribution in [0.15, 0.2) is 30.5 Å². The number of H-pyrrole nitrogens is 1. The number of aromatic nitrogens is 2. The van der Waals surface area contributed by atoms with Crippen LogP contribution in [0.1, 0.15) is 18.4 Å². The SMILES string of the molecule is COCCNc1cc(Nc2ccc([PH]3(O)CCN(C4CC4)CC3)cc2OC)nc2[nH]cc(C#N)c12. The maximum atomic E-state index is 11.5. The Morgan fingerprint density at radius 2 is 2.03 bits per heavy atom. The molecule has 0 unspecified atom stereocenters. The summed E-state index contributed by atoms with van der Waals surface area (Å²) in [5, 5.41) is 18.0. The van der Waals surface area contributed by atoms with Gasteiger partial charge in [-0.25, -0.2) is 0 Å². The molecule has 1 aromatic carbocycles. The number of pyridine rings is 1. The van der Waals surface area contributed by atoms with Crippen LogP contribution in [0, 0.1) is 11.3 Å². The Labute approximate surface area is 205 Å². The zero-order valence-corrected chi connectivity index (χ0v) is 21.2. The summed E-state index contributed by atoms with van der Waals surface area (Å²) in [6.07, 6.45) is 6.00. The van der Waals surface area contributed by atoms with Crippen molar-refractivity contribution in [2.24, 2.45) is 0 Å². The average Bonchev–Trinajstić information content (AvgIpc) is 3.64. The van der Waals surface area contributed by atoms with Gasteiger partial charge in [-0.05, 0) is 0 Å². The van der Waals surface area contributed by atoms with E-state index in [1.807, 2.05) is 24.3 Å². The van der Waals surface area contributed by atoms with Crippen molar-refractivity contribution < 1.29 is 14.4 Å². The molecule has 0 radical (unpaired) electrons. The number of aromatic amines is 1. The van der Waals surface area contributed by atoms with E-state index >= 15 is 0 Å². The third kappa shape index (κ3) is 4.93. The molecule has 1 saturated carbocycles. The van der Waals surface area contributed by atoms with Crippen molar-refractivity contribution >= 4 is 41.0 Å². The van der Waals surface area contributed by atoms with E-state index in [1.54, 1.807) is 20.4 Å². The molecule has 10 heteroatoms. The fourth-order valence-electron chi connectivity index (χ4n) is 4.92. The van der Waals surface area contributed by atoms with Gasteiger partial charge in [0, 0.05) is 7.11 Å². The van der Waals surface area contributed by atoms with Gasteiger partial charge in [0.15, 0.2) is 0 Å². The number of fused-ring (bicyclic) bond motifs is 1. The standard InChI is InChI=1S/C25H33N6O3P/c1-33-10-7-27-21-14-23(30-25-24(21)17(15-26)16-28-25)29-20-6-5-19(13-22(20)34-2)35(32)11-8-31(9-12-35)18-3-4-18/h5-6,13-14,16,18,32,35H,3-4,7-12H2,1-2H3,(H3,27,28,29,30). The Hall–Kier alpha value is -2.89. The van der Waals surface area contributed by atoms with Gasteiger partial charge in [0.05, 0.1) is 0 Å². The number of ether oxygens (including phenoxy) is 2. The fourth-order valence-corrected chi connectivity index (χ4v) is 7.86. The zero-order valence-electron chi connectivity index (χ0n) is 20.2. The molecule has 0 bridgehead atoms. The number of anilines is 3. The van der Waals surface area contributed by atoms with Crippen LogP contribution in [-0.4, -0.2) is 78.6 Å². The molecule has 1 aliphatic heterocycles. The molecule has 4 N–H and O–H groups in total. The number of nitrogens with one attached hydrogen (secondary N) is 3. The Morgan fingerprint density at radius 1 is 1.23 bits per heavy atom. The monoisotopic (exact) mass is 496 g/mol. The van der Waals surface area contributed by atoms with Gasteiger partial charge in [-0.2, -0.15) is 0 Å². The first kappa shape index (κ1) is 23.8.